The van der Waals surface area contributed by atoms with Crippen molar-refractivity contribution in [2.75, 3.05) is 19.7 Å². The second kappa shape index (κ2) is 7.09. The van der Waals surface area contributed by atoms with E-state index in [0.717, 1.165) is 56.1 Å². The van der Waals surface area contributed by atoms with Crippen molar-refractivity contribution >= 4 is 5.96 Å². The average molecular weight is 306 g/mol. The first-order valence-corrected chi connectivity index (χ1v) is 8.21. The average Bonchev–Trinajstić information content (AvgIpc) is 3.10. The van der Waals surface area contributed by atoms with E-state index in [4.69, 9.17) is 4.74 Å². The number of nitrogens with zero attached hydrogens (tertiary/aromatic N) is 4. The molecule has 2 fully saturated rings. The van der Waals surface area contributed by atoms with Crippen molar-refractivity contribution in [2.45, 2.75) is 45.3 Å². The molecule has 2 aliphatic rings. The molecule has 1 atom stereocenters. The molecule has 3 rings (SSSR count). The third-order valence-electron chi connectivity index (χ3n) is 4.34. The van der Waals surface area contributed by atoms with Gasteiger partial charge in [-0.2, -0.15) is 0 Å². The summed E-state index contributed by atoms with van der Waals surface area (Å²) < 4.78 is 7.63. The number of hydrogen-bond donors (Lipinski definition) is 2. The van der Waals surface area contributed by atoms with E-state index in [-0.39, 0.29) is 0 Å². The summed E-state index contributed by atoms with van der Waals surface area (Å²) in [5.74, 6) is 3.45. The minimum atomic E-state index is 0.310. The van der Waals surface area contributed by atoms with Crippen LogP contribution < -0.4 is 10.6 Å². The van der Waals surface area contributed by atoms with E-state index >= 15 is 0 Å². The zero-order valence-electron chi connectivity index (χ0n) is 13.5. The Labute approximate surface area is 131 Å². The van der Waals surface area contributed by atoms with Crippen LogP contribution in [0.15, 0.2) is 4.99 Å². The van der Waals surface area contributed by atoms with Gasteiger partial charge in [0.05, 0.1) is 6.10 Å². The van der Waals surface area contributed by atoms with Crippen LogP contribution in [-0.4, -0.2) is 46.5 Å². The molecule has 1 saturated heterocycles. The molecule has 1 aromatic rings. The van der Waals surface area contributed by atoms with Crippen LogP contribution in [0.5, 0.6) is 0 Å². The molecule has 1 aromatic heterocycles. The first kappa shape index (κ1) is 15.3. The van der Waals surface area contributed by atoms with Crippen LogP contribution in [0.25, 0.3) is 0 Å². The first-order chi connectivity index (χ1) is 10.7. The predicted molar refractivity (Wildman–Crippen MR) is 84.6 cm³/mol. The van der Waals surface area contributed by atoms with Crippen molar-refractivity contribution in [1.82, 2.24) is 25.4 Å². The number of aliphatic imine (C=N–C) groups is 1. The zero-order valence-corrected chi connectivity index (χ0v) is 13.5. The molecule has 1 saturated carbocycles. The number of guanidine groups is 1. The summed E-state index contributed by atoms with van der Waals surface area (Å²) in [5, 5.41) is 15.1. The molecule has 7 nitrogen and oxygen atoms in total. The standard InChI is InChI=1S/C15H26N6O/c1-11-19-20-14(21(11)2)10-18-15(16-8-12-5-6-12)17-9-13-4-3-7-22-13/h12-13H,3-10H2,1-2H3,(H2,16,17,18). The Hall–Kier alpha value is -1.63. The SMILES string of the molecule is Cc1nnc(CN=C(NCC2CC2)NCC2CCCO2)n1C. The zero-order chi connectivity index (χ0) is 15.4. The molecule has 1 unspecified atom stereocenters. The maximum atomic E-state index is 5.65. The first-order valence-electron chi connectivity index (χ1n) is 8.21. The van der Waals surface area contributed by atoms with Crippen molar-refractivity contribution in [3.63, 3.8) is 0 Å². The summed E-state index contributed by atoms with van der Waals surface area (Å²) in [5.41, 5.74) is 0. The van der Waals surface area contributed by atoms with Gasteiger partial charge >= 0.3 is 0 Å². The normalized spacial score (nSPS) is 22.1. The highest BCUT2D eigenvalue weighted by Gasteiger charge is 2.22. The van der Waals surface area contributed by atoms with Gasteiger partial charge in [-0.1, -0.05) is 0 Å². The van der Waals surface area contributed by atoms with Crippen molar-refractivity contribution in [3.05, 3.63) is 11.6 Å². The van der Waals surface area contributed by atoms with Gasteiger partial charge in [0.15, 0.2) is 11.8 Å². The van der Waals surface area contributed by atoms with Gasteiger partial charge in [0.25, 0.3) is 0 Å². The molecule has 22 heavy (non-hydrogen) atoms. The van der Waals surface area contributed by atoms with E-state index in [1.54, 1.807) is 0 Å². The quantitative estimate of drug-likeness (QED) is 0.599. The van der Waals surface area contributed by atoms with E-state index in [0.29, 0.717) is 12.6 Å². The fourth-order valence-electron chi connectivity index (χ4n) is 2.49. The third kappa shape index (κ3) is 4.19. The molecule has 0 amide bonds. The molecule has 2 heterocycles. The molecule has 7 heteroatoms. The van der Waals surface area contributed by atoms with Crippen molar-refractivity contribution in [3.8, 4) is 0 Å². The Bertz CT molecular complexity index is 516. The maximum Gasteiger partial charge on any atom is 0.191 e. The van der Waals surface area contributed by atoms with Gasteiger partial charge in [-0.3, -0.25) is 0 Å². The summed E-state index contributed by atoms with van der Waals surface area (Å²) in [6.07, 6.45) is 5.26. The lowest BCUT2D eigenvalue weighted by molar-refractivity contribution is 0.114. The van der Waals surface area contributed by atoms with Gasteiger partial charge in [0, 0.05) is 26.7 Å². The third-order valence-corrected chi connectivity index (χ3v) is 4.34. The van der Waals surface area contributed by atoms with Gasteiger partial charge in [0.1, 0.15) is 12.4 Å². The van der Waals surface area contributed by atoms with Gasteiger partial charge in [-0.15, -0.1) is 10.2 Å². The number of hydrogen-bond acceptors (Lipinski definition) is 4. The molecule has 0 aromatic carbocycles. The van der Waals surface area contributed by atoms with Gasteiger partial charge in [-0.05, 0) is 38.5 Å². The summed E-state index contributed by atoms with van der Waals surface area (Å²) in [6.45, 7) is 5.17. The van der Waals surface area contributed by atoms with E-state index in [1.165, 1.54) is 12.8 Å². The summed E-state index contributed by atoms with van der Waals surface area (Å²) in [7, 11) is 1.97. The fraction of sp³-hybridized carbons (Fsp3) is 0.800. The second-order valence-electron chi connectivity index (χ2n) is 6.23. The van der Waals surface area contributed by atoms with Crippen molar-refractivity contribution in [1.29, 1.82) is 0 Å². The molecule has 1 aliphatic carbocycles. The predicted octanol–water partition coefficient (Wildman–Crippen LogP) is 0.748. The Kier molecular flexibility index (Phi) is 4.92. The lowest BCUT2D eigenvalue weighted by atomic mass is 10.2. The molecular formula is C15H26N6O. The number of aromatic nitrogens is 3. The number of aryl methyl sites for hydroxylation is 1. The van der Waals surface area contributed by atoms with E-state index in [9.17, 15) is 0 Å². The molecule has 122 valence electrons. The van der Waals surface area contributed by atoms with Crippen LogP contribution in [0, 0.1) is 12.8 Å². The monoisotopic (exact) mass is 306 g/mol. The largest absolute Gasteiger partial charge is 0.376 e. The molecule has 0 spiro atoms. The molecule has 2 N–H and O–H groups in total. The van der Waals surface area contributed by atoms with Crippen LogP contribution >= 0.6 is 0 Å². The number of rotatable bonds is 6. The van der Waals surface area contributed by atoms with Crippen LogP contribution in [0.4, 0.5) is 0 Å². The minimum absolute atomic E-state index is 0.310. The topological polar surface area (TPSA) is 76.4 Å². The molecular weight excluding hydrogens is 280 g/mol. The maximum absolute atomic E-state index is 5.65. The van der Waals surface area contributed by atoms with Gasteiger partial charge in [0.2, 0.25) is 0 Å². The number of ether oxygens (including phenoxy) is 1. The Morgan fingerprint density at radius 2 is 2.09 bits per heavy atom. The molecule has 0 radical (unpaired) electrons. The van der Waals surface area contributed by atoms with Crippen LogP contribution in [0.3, 0.4) is 0 Å². The lowest BCUT2D eigenvalue weighted by Gasteiger charge is -2.15. The lowest BCUT2D eigenvalue weighted by Crippen LogP contribution is -2.42. The van der Waals surface area contributed by atoms with Gasteiger partial charge in [-0.25, -0.2) is 4.99 Å². The smallest absolute Gasteiger partial charge is 0.191 e. The number of nitrogens with one attached hydrogen (secondary N) is 2. The van der Waals surface area contributed by atoms with E-state index in [2.05, 4.69) is 25.8 Å². The Morgan fingerprint density at radius 3 is 2.73 bits per heavy atom. The minimum Gasteiger partial charge on any atom is -0.376 e. The highest BCUT2D eigenvalue weighted by Crippen LogP contribution is 2.27. The van der Waals surface area contributed by atoms with Crippen molar-refractivity contribution < 1.29 is 4.74 Å². The van der Waals surface area contributed by atoms with Crippen LogP contribution in [-0.2, 0) is 18.3 Å². The van der Waals surface area contributed by atoms with E-state index < -0.39 is 0 Å². The summed E-state index contributed by atoms with van der Waals surface area (Å²) in [6, 6.07) is 0. The fourth-order valence-corrected chi connectivity index (χ4v) is 2.49. The highest BCUT2D eigenvalue weighted by molar-refractivity contribution is 5.79. The second-order valence-corrected chi connectivity index (χ2v) is 6.23. The van der Waals surface area contributed by atoms with Crippen LogP contribution in [0.1, 0.15) is 37.3 Å². The molecule has 1 aliphatic heterocycles. The van der Waals surface area contributed by atoms with Crippen LogP contribution in [0.2, 0.25) is 0 Å². The Morgan fingerprint density at radius 1 is 1.27 bits per heavy atom. The Balaban J connectivity index is 1.55. The van der Waals surface area contributed by atoms with Crippen molar-refractivity contribution in [2.24, 2.45) is 18.0 Å². The summed E-state index contributed by atoms with van der Waals surface area (Å²) in [4.78, 5) is 4.64. The molecule has 0 bridgehead atoms. The van der Waals surface area contributed by atoms with E-state index in [1.807, 2.05) is 18.5 Å². The highest BCUT2D eigenvalue weighted by atomic mass is 16.5. The summed E-state index contributed by atoms with van der Waals surface area (Å²) >= 11 is 0. The van der Waals surface area contributed by atoms with Gasteiger partial charge < -0.3 is 19.9 Å².